The van der Waals surface area contributed by atoms with Crippen LogP contribution >= 0.6 is 0 Å². The third-order valence-electron chi connectivity index (χ3n) is 5.59. The van der Waals surface area contributed by atoms with E-state index in [1.54, 1.807) is 7.05 Å². The summed E-state index contributed by atoms with van der Waals surface area (Å²) in [5, 5.41) is 1.33. The first-order valence-corrected chi connectivity index (χ1v) is 10.5. The molecule has 1 aliphatic rings. The van der Waals surface area contributed by atoms with E-state index in [1.165, 1.54) is 95.6 Å². The lowest BCUT2D eigenvalue weighted by Gasteiger charge is -2.12. The van der Waals surface area contributed by atoms with Crippen molar-refractivity contribution in [2.24, 2.45) is 11.8 Å². The van der Waals surface area contributed by atoms with Crippen LogP contribution in [0.2, 0.25) is 0 Å². The Balaban J connectivity index is 1.81. The molecule has 0 bridgehead atoms. The third-order valence-corrected chi connectivity index (χ3v) is 5.59. The molecule has 1 fully saturated rings. The van der Waals surface area contributed by atoms with Gasteiger partial charge in [0.1, 0.15) is 0 Å². The molecule has 0 spiro atoms. The summed E-state index contributed by atoms with van der Waals surface area (Å²) >= 11 is 0. The Bertz CT molecular complexity index is 319. The lowest BCUT2D eigenvalue weighted by molar-refractivity contribution is -0.168. The molecule has 0 heterocycles. The minimum atomic E-state index is 0.0908. The highest BCUT2D eigenvalue weighted by atomic mass is 16.7. The van der Waals surface area contributed by atoms with Crippen LogP contribution in [0.25, 0.3) is 0 Å². The monoisotopic (exact) mass is 339 g/mol. The average molecular weight is 340 g/mol. The van der Waals surface area contributed by atoms with Crippen molar-refractivity contribution in [3.63, 3.8) is 0 Å². The number of hydroxylamine groups is 2. The Labute approximate surface area is 150 Å². The molecule has 1 rings (SSSR count). The van der Waals surface area contributed by atoms with Crippen molar-refractivity contribution in [3.05, 3.63) is 0 Å². The van der Waals surface area contributed by atoms with Gasteiger partial charge < -0.3 is 0 Å². The maximum atomic E-state index is 11.6. The predicted octanol–water partition coefficient (Wildman–Crippen LogP) is 6.12. The van der Waals surface area contributed by atoms with Crippen LogP contribution in [0, 0.1) is 11.8 Å². The summed E-state index contributed by atoms with van der Waals surface area (Å²) < 4.78 is 0. The van der Waals surface area contributed by atoms with E-state index >= 15 is 0 Å². The fourth-order valence-corrected chi connectivity index (χ4v) is 3.68. The number of unbranched alkanes of at least 4 members (excludes halogenated alkanes) is 9. The van der Waals surface area contributed by atoms with E-state index in [1.807, 2.05) is 0 Å². The Hall–Kier alpha value is -0.570. The van der Waals surface area contributed by atoms with Gasteiger partial charge in [0, 0.05) is 13.5 Å². The van der Waals surface area contributed by atoms with E-state index in [2.05, 4.69) is 6.92 Å². The molecule has 2 atom stereocenters. The first kappa shape index (κ1) is 21.5. The highest BCUT2D eigenvalue weighted by Crippen LogP contribution is 2.45. The molecular formula is C21H41NO2. The van der Waals surface area contributed by atoms with E-state index in [9.17, 15) is 4.79 Å². The normalized spacial score (nSPS) is 19.5. The zero-order valence-corrected chi connectivity index (χ0v) is 16.5. The summed E-state index contributed by atoms with van der Waals surface area (Å²) in [6.07, 6.45) is 19.8. The van der Waals surface area contributed by atoms with Gasteiger partial charge in [-0.1, -0.05) is 84.0 Å². The molecule has 0 unspecified atom stereocenters. The Morgan fingerprint density at radius 1 is 0.875 bits per heavy atom. The van der Waals surface area contributed by atoms with Crippen LogP contribution in [-0.4, -0.2) is 25.1 Å². The molecule has 0 radical (unpaired) electrons. The maximum absolute atomic E-state index is 11.6. The SMILES string of the molecule is CCCCCCCC[C@H]1C[C@@H]1CCCCCCCC(=O)N(C)OC. The van der Waals surface area contributed by atoms with E-state index in [-0.39, 0.29) is 5.91 Å². The molecule has 1 aliphatic carbocycles. The minimum Gasteiger partial charge on any atom is -0.275 e. The number of hydrogen-bond donors (Lipinski definition) is 0. The largest absolute Gasteiger partial charge is 0.275 e. The summed E-state index contributed by atoms with van der Waals surface area (Å²) in [4.78, 5) is 16.4. The third kappa shape index (κ3) is 10.3. The fourth-order valence-electron chi connectivity index (χ4n) is 3.68. The molecule has 0 aromatic heterocycles. The lowest BCUT2D eigenvalue weighted by atomic mass is 10.0. The number of amides is 1. The topological polar surface area (TPSA) is 29.5 Å². The molecule has 1 saturated carbocycles. The van der Waals surface area contributed by atoms with Gasteiger partial charge in [-0.3, -0.25) is 9.63 Å². The zero-order chi connectivity index (χ0) is 17.6. The van der Waals surface area contributed by atoms with E-state index < -0.39 is 0 Å². The summed E-state index contributed by atoms with van der Waals surface area (Å²) in [7, 11) is 3.22. The first-order chi connectivity index (χ1) is 11.7. The van der Waals surface area contributed by atoms with E-state index in [4.69, 9.17) is 4.84 Å². The van der Waals surface area contributed by atoms with Crippen molar-refractivity contribution < 1.29 is 9.63 Å². The van der Waals surface area contributed by atoms with Crippen LogP contribution in [0.5, 0.6) is 0 Å². The summed E-state index contributed by atoms with van der Waals surface area (Å²) in [5.74, 6) is 2.21. The molecule has 1 amide bonds. The van der Waals surface area contributed by atoms with Crippen LogP contribution in [0.3, 0.4) is 0 Å². The molecule has 0 saturated heterocycles. The highest BCUT2D eigenvalue weighted by molar-refractivity contribution is 5.74. The number of nitrogens with zero attached hydrogens (tertiary/aromatic N) is 1. The summed E-state index contributed by atoms with van der Waals surface area (Å²) in [6.45, 7) is 2.29. The number of hydrogen-bond acceptors (Lipinski definition) is 2. The molecular weight excluding hydrogens is 298 g/mol. The lowest BCUT2D eigenvalue weighted by Crippen LogP contribution is -2.24. The van der Waals surface area contributed by atoms with Crippen LogP contribution < -0.4 is 0 Å². The van der Waals surface area contributed by atoms with Crippen LogP contribution in [0.15, 0.2) is 0 Å². The molecule has 24 heavy (non-hydrogen) atoms. The molecule has 0 aromatic rings. The standard InChI is InChI=1S/C21H41NO2/c1-4-5-6-7-9-12-15-19-18-20(19)16-13-10-8-11-14-17-21(23)22(2)24-3/h19-20H,4-18H2,1-3H3/t19-,20-/m0/s1. The van der Waals surface area contributed by atoms with Gasteiger partial charge in [0.2, 0.25) is 5.91 Å². The van der Waals surface area contributed by atoms with E-state index in [0.717, 1.165) is 18.3 Å². The summed E-state index contributed by atoms with van der Waals surface area (Å²) in [5.41, 5.74) is 0. The Morgan fingerprint density at radius 3 is 1.92 bits per heavy atom. The smallest absolute Gasteiger partial charge is 0.245 e. The van der Waals surface area contributed by atoms with Gasteiger partial charge in [-0.05, 0) is 24.7 Å². The Kier molecular flexibility index (Phi) is 12.2. The second-order valence-corrected chi connectivity index (χ2v) is 7.69. The van der Waals surface area contributed by atoms with Crippen molar-refractivity contribution in [2.75, 3.05) is 14.2 Å². The van der Waals surface area contributed by atoms with Crippen molar-refractivity contribution in [2.45, 2.75) is 103 Å². The van der Waals surface area contributed by atoms with Crippen molar-refractivity contribution >= 4 is 5.91 Å². The quantitative estimate of drug-likeness (QED) is 0.250. The first-order valence-electron chi connectivity index (χ1n) is 10.5. The van der Waals surface area contributed by atoms with Gasteiger partial charge in [0.15, 0.2) is 0 Å². The van der Waals surface area contributed by atoms with Gasteiger partial charge in [-0.25, -0.2) is 5.06 Å². The van der Waals surface area contributed by atoms with Crippen LogP contribution in [0.4, 0.5) is 0 Å². The second-order valence-electron chi connectivity index (χ2n) is 7.69. The molecule has 0 aliphatic heterocycles. The molecule has 142 valence electrons. The second kappa shape index (κ2) is 13.7. The fraction of sp³-hybridized carbons (Fsp3) is 0.952. The maximum Gasteiger partial charge on any atom is 0.245 e. The van der Waals surface area contributed by atoms with Crippen molar-refractivity contribution in [1.29, 1.82) is 0 Å². The minimum absolute atomic E-state index is 0.0908. The van der Waals surface area contributed by atoms with E-state index in [0.29, 0.717) is 6.42 Å². The van der Waals surface area contributed by atoms with Gasteiger partial charge >= 0.3 is 0 Å². The van der Waals surface area contributed by atoms with Crippen molar-refractivity contribution in [1.82, 2.24) is 5.06 Å². The predicted molar refractivity (Wildman–Crippen MR) is 102 cm³/mol. The average Bonchev–Trinajstić information content (AvgIpc) is 3.34. The van der Waals surface area contributed by atoms with Gasteiger partial charge in [0.05, 0.1) is 7.11 Å². The van der Waals surface area contributed by atoms with Crippen molar-refractivity contribution in [3.8, 4) is 0 Å². The van der Waals surface area contributed by atoms with Gasteiger partial charge in [-0.2, -0.15) is 0 Å². The Morgan fingerprint density at radius 2 is 1.38 bits per heavy atom. The highest BCUT2D eigenvalue weighted by Gasteiger charge is 2.34. The molecule has 0 aromatic carbocycles. The molecule has 3 heteroatoms. The van der Waals surface area contributed by atoms with Gasteiger partial charge in [0.25, 0.3) is 0 Å². The molecule has 0 N–H and O–H groups in total. The number of rotatable bonds is 16. The number of carbonyl (C=O) groups excluding carboxylic acids is 1. The summed E-state index contributed by atoms with van der Waals surface area (Å²) in [6, 6.07) is 0. The zero-order valence-electron chi connectivity index (χ0n) is 16.5. The number of carbonyl (C=O) groups is 1. The van der Waals surface area contributed by atoms with Crippen LogP contribution in [0.1, 0.15) is 103 Å². The molecule has 3 nitrogen and oxygen atoms in total. The van der Waals surface area contributed by atoms with Crippen LogP contribution in [-0.2, 0) is 9.63 Å². The van der Waals surface area contributed by atoms with Gasteiger partial charge in [-0.15, -0.1) is 0 Å².